The second kappa shape index (κ2) is 6.13. The lowest BCUT2D eigenvalue weighted by Gasteiger charge is -2.26. The molecule has 1 aliphatic heterocycles. The van der Waals surface area contributed by atoms with Crippen LogP contribution in [0.4, 0.5) is 0 Å². The van der Waals surface area contributed by atoms with Gasteiger partial charge in [0.05, 0.1) is 11.4 Å². The number of hydrogen-bond acceptors (Lipinski definition) is 4. The average molecular weight is 311 g/mol. The molecule has 0 radical (unpaired) electrons. The number of primary amides is 1. The highest BCUT2D eigenvalue weighted by Gasteiger charge is 2.34. The van der Waals surface area contributed by atoms with Crippen molar-refractivity contribution in [3.8, 4) is 0 Å². The SMILES string of the molecule is Cc1ccc(S(=O)(=O)N(CC(N)=O)C2CCNC2)cc1C. The summed E-state index contributed by atoms with van der Waals surface area (Å²) in [5.41, 5.74) is 7.15. The molecule has 0 aromatic heterocycles. The van der Waals surface area contributed by atoms with E-state index in [4.69, 9.17) is 5.73 Å². The van der Waals surface area contributed by atoms with Crippen molar-refractivity contribution in [1.29, 1.82) is 0 Å². The molecule has 6 nitrogen and oxygen atoms in total. The summed E-state index contributed by atoms with van der Waals surface area (Å²) in [4.78, 5) is 11.5. The van der Waals surface area contributed by atoms with Crippen molar-refractivity contribution in [2.45, 2.75) is 31.2 Å². The highest BCUT2D eigenvalue weighted by Crippen LogP contribution is 2.22. The first-order valence-corrected chi connectivity index (χ1v) is 8.34. The summed E-state index contributed by atoms with van der Waals surface area (Å²) in [7, 11) is -3.73. The number of hydrogen-bond donors (Lipinski definition) is 2. The van der Waals surface area contributed by atoms with E-state index in [1.165, 1.54) is 4.31 Å². The van der Waals surface area contributed by atoms with Gasteiger partial charge in [0.25, 0.3) is 0 Å². The number of amides is 1. The molecule has 1 fully saturated rings. The summed E-state index contributed by atoms with van der Waals surface area (Å²) in [6, 6.07) is 4.76. The van der Waals surface area contributed by atoms with Gasteiger partial charge in [-0.3, -0.25) is 4.79 Å². The van der Waals surface area contributed by atoms with Crippen LogP contribution >= 0.6 is 0 Å². The highest BCUT2D eigenvalue weighted by atomic mass is 32.2. The summed E-state index contributed by atoms with van der Waals surface area (Å²) >= 11 is 0. The summed E-state index contributed by atoms with van der Waals surface area (Å²) in [5.74, 6) is -0.644. The minimum Gasteiger partial charge on any atom is -0.369 e. The number of nitrogens with two attached hydrogens (primary N) is 1. The lowest BCUT2D eigenvalue weighted by molar-refractivity contribution is -0.118. The predicted molar refractivity (Wildman–Crippen MR) is 80.3 cm³/mol. The minimum absolute atomic E-state index is 0.207. The maximum absolute atomic E-state index is 12.8. The van der Waals surface area contributed by atoms with Crippen LogP contribution in [-0.2, 0) is 14.8 Å². The van der Waals surface area contributed by atoms with E-state index < -0.39 is 15.9 Å². The van der Waals surface area contributed by atoms with Crippen LogP contribution < -0.4 is 11.1 Å². The van der Waals surface area contributed by atoms with Crippen LogP contribution in [0.2, 0.25) is 0 Å². The topological polar surface area (TPSA) is 92.5 Å². The Morgan fingerprint density at radius 3 is 2.62 bits per heavy atom. The number of carbonyl (C=O) groups excluding carboxylic acids is 1. The van der Waals surface area contributed by atoms with Gasteiger partial charge in [-0.1, -0.05) is 6.07 Å². The first kappa shape index (κ1) is 15.9. The summed E-state index contributed by atoms with van der Waals surface area (Å²) in [6.45, 7) is 4.78. The number of sulfonamides is 1. The van der Waals surface area contributed by atoms with E-state index in [0.29, 0.717) is 13.0 Å². The van der Waals surface area contributed by atoms with Gasteiger partial charge in [0.1, 0.15) is 0 Å². The number of rotatable bonds is 5. The standard InChI is InChI=1S/C14H21N3O3S/c1-10-3-4-13(7-11(10)2)21(19,20)17(9-14(15)18)12-5-6-16-8-12/h3-4,7,12,16H,5-6,8-9H2,1-2H3,(H2,15,18). The van der Waals surface area contributed by atoms with Crippen LogP contribution in [0.3, 0.4) is 0 Å². The van der Waals surface area contributed by atoms with Crippen molar-refractivity contribution in [3.63, 3.8) is 0 Å². The van der Waals surface area contributed by atoms with Gasteiger partial charge in [-0.25, -0.2) is 8.42 Å². The largest absolute Gasteiger partial charge is 0.369 e. The Bertz CT molecular complexity index is 637. The van der Waals surface area contributed by atoms with Gasteiger partial charge in [-0.05, 0) is 50.1 Å². The van der Waals surface area contributed by atoms with E-state index in [9.17, 15) is 13.2 Å². The third kappa shape index (κ3) is 3.42. The fraction of sp³-hybridized carbons (Fsp3) is 0.500. The van der Waals surface area contributed by atoms with E-state index in [1.807, 2.05) is 13.8 Å². The molecule has 7 heteroatoms. The van der Waals surface area contributed by atoms with Crippen molar-refractivity contribution < 1.29 is 13.2 Å². The zero-order valence-corrected chi connectivity index (χ0v) is 13.1. The smallest absolute Gasteiger partial charge is 0.243 e. The Kier molecular flexibility index (Phi) is 4.65. The molecule has 1 unspecified atom stereocenters. The predicted octanol–water partition coefficient (Wildman–Crippen LogP) is 0.141. The van der Waals surface area contributed by atoms with Gasteiger partial charge in [-0.15, -0.1) is 0 Å². The average Bonchev–Trinajstić information content (AvgIpc) is 2.92. The van der Waals surface area contributed by atoms with Crippen molar-refractivity contribution in [1.82, 2.24) is 9.62 Å². The molecule has 3 N–H and O–H groups in total. The molecular weight excluding hydrogens is 290 g/mol. The first-order chi connectivity index (χ1) is 9.82. The molecule has 0 spiro atoms. The van der Waals surface area contributed by atoms with Crippen molar-refractivity contribution in [2.24, 2.45) is 5.73 Å². The number of nitrogens with one attached hydrogen (secondary N) is 1. The van der Waals surface area contributed by atoms with Gasteiger partial charge in [0, 0.05) is 12.6 Å². The normalized spacial score (nSPS) is 19.1. The maximum atomic E-state index is 12.8. The van der Waals surface area contributed by atoms with E-state index in [-0.39, 0.29) is 17.5 Å². The van der Waals surface area contributed by atoms with E-state index in [0.717, 1.165) is 17.7 Å². The molecule has 1 heterocycles. The molecular formula is C14H21N3O3S. The molecule has 1 aromatic carbocycles. The molecule has 1 amide bonds. The number of carbonyl (C=O) groups is 1. The summed E-state index contributed by atoms with van der Waals surface area (Å²) in [6.07, 6.45) is 0.678. The van der Waals surface area contributed by atoms with Crippen LogP contribution in [0.15, 0.2) is 23.1 Å². The number of nitrogens with zero attached hydrogens (tertiary/aromatic N) is 1. The van der Waals surface area contributed by atoms with Gasteiger partial charge in [-0.2, -0.15) is 4.31 Å². The van der Waals surface area contributed by atoms with Crippen LogP contribution in [0.5, 0.6) is 0 Å². The molecule has 1 aromatic rings. The number of aryl methyl sites for hydroxylation is 2. The Morgan fingerprint density at radius 1 is 1.38 bits per heavy atom. The Hall–Kier alpha value is -1.44. The second-order valence-electron chi connectivity index (χ2n) is 5.41. The van der Waals surface area contributed by atoms with Crippen LogP contribution in [0.25, 0.3) is 0 Å². The highest BCUT2D eigenvalue weighted by molar-refractivity contribution is 7.89. The van der Waals surface area contributed by atoms with Crippen LogP contribution in [-0.4, -0.2) is 44.3 Å². The number of benzene rings is 1. The van der Waals surface area contributed by atoms with Crippen molar-refractivity contribution in [3.05, 3.63) is 29.3 Å². The minimum atomic E-state index is -3.73. The molecule has 1 aliphatic rings. The molecule has 1 atom stereocenters. The Labute approximate surface area is 125 Å². The second-order valence-corrected chi connectivity index (χ2v) is 7.30. The zero-order chi connectivity index (χ0) is 15.6. The first-order valence-electron chi connectivity index (χ1n) is 6.90. The van der Waals surface area contributed by atoms with Gasteiger partial charge in [0.2, 0.25) is 15.9 Å². The third-order valence-corrected chi connectivity index (χ3v) is 5.73. The van der Waals surface area contributed by atoms with E-state index >= 15 is 0 Å². The van der Waals surface area contributed by atoms with Gasteiger partial charge < -0.3 is 11.1 Å². The maximum Gasteiger partial charge on any atom is 0.243 e. The van der Waals surface area contributed by atoms with Crippen molar-refractivity contribution in [2.75, 3.05) is 19.6 Å². The van der Waals surface area contributed by atoms with Crippen molar-refractivity contribution >= 4 is 15.9 Å². The molecule has 116 valence electrons. The fourth-order valence-electron chi connectivity index (χ4n) is 2.46. The molecule has 0 saturated carbocycles. The lowest BCUT2D eigenvalue weighted by Crippen LogP contribution is -2.46. The lowest BCUT2D eigenvalue weighted by atomic mass is 10.1. The zero-order valence-electron chi connectivity index (χ0n) is 12.3. The molecule has 0 bridgehead atoms. The molecule has 1 saturated heterocycles. The van der Waals surface area contributed by atoms with Gasteiger partial charge >= 0.3 is 0 Å². The van der Waals surface area contributed by atoms with Crippen LogP contribution in [0, 0.1) is 13.8 Å². The van der Waals surface area contributed by atoms with E-state index in [1.54, 1.807) is 18.2 Å². The molecule has 0 aliphatic carbocycles. The van der Waals surface area contributed by atoms with E-state index in [2.05, 4.69) is 5.32 Å². The third-order valence-electron chi connectivity index (χ3n) is 3.84. The molecule has 2 rings (SSSR count). The fourth-order valence-corrected chi connectivity index (χ4v) is 4.17. The Morgan fingerprint density at radius 2 is 2.10 bits per heavy atom. The van der Waals surface area contributed by atoms with Gasteiger partial charge in [0.15, 0.2) is 0 Å². The molecule has 21 heavy (non-hydrogen) atoms. The summed E-state index contributed by atoms with van der Waals surface area (Å²) < 4.78 is 26.8. The monoisotopic (exact) mass is 311 g/mol. The summed E-state index contributed by atoms with van der Waals surface area (Å²) in [5, 5.41) is 3.11. The van der Waals surface area contributed by atoms with Crippen LogP contribution in [0.1, 0.15) is 17.5 Å². The Balaban J connectivity index is 2.40. The quantitative estimate of drug-likeness (QED) is 0.809.